The van der Waals surface area contributed by atoms with Crippen molar-refractivity contribution in [3.05, 3.63) is 53.0 Å². The van der Waals surface area contributed by atoms with E-state index >= 15 is 0 Å². The van der Waals surface area contributed by atoms with Gasteiger partial charge < -0.3 is 10.1 Å². The number of hydrogen-bond acceptors (Lipinski definition) is 5. The number of nitrogens with zero attached hydrogens (tertiary/aromatic N) is 4. The van der Waals surface area contributed by atoms with Gasteiger partial charge in [0.05, 0.1) is 18.3 Å². The van der Waals surface area contributed by atoms with Gasteiger partial charge in [-0.3, -0.25) is 0 Å². The van der Waals surface area contributed by atoms with Crippen LogP contribution < -0.4 is 5.32 Å². The van der Waals surface area contributed by atoms with E-state index in [9.17, 15) is 0 Å². The maximum atomic E-state index is 5.25. The zero-order valence-electron chi connectivity index (χ0n) is 15.6. The minimum absolute atomic E-state index is 0.266. The van der Waals surface area contributed by atoms with Crippen LogP contribution in [0.4, 0.5) is 5.82 Å². The van der Waals surface area contributed by atoms with Crippen molar-refractivity contribution < 1.29 is 4.74 Å². The van der Waals surface area contributed by atoms with Gasteiger partial charge >= 0.3 is 0 Å². The summed E-state index contributed by atoms with van der Waals surface area (Å²) in [6, 6.07) is 9.21. The van der Waals surface area contributed by atoms with Crippen LogP contribution >= 0.6 is 0 Å². The maximum absolute atomic E-state index is 5.25. The molecule has 0 amide bonds. The Morgan fingerprint density at radius 2 is 2.19 bits per heavy atom. The number of benzene rings is 1. The zero-order chi connectivity index (χ0) is 18.1. The SMILES string of the molecule is COCc1cc(N[C@@H]2CCCc3ccc(C(C)C)cc32)n2ncnc2n1. The van der Waals surface area contributed by atoms with Crippen molar-refractivity contribution in [1.29, 1.82) is 0 Å². The first-order valence-electron chi connectivity index (χ1n) is 9.23. The highest BCUT2D eigenvalue weighted by atomic mass is 16.5. The van der Waals surface area contributed by atoms with Crippen LogP contribution in [0.1, 0.15) is 61.0 Å². The second kappa shape index (κ2) is 7.03. The van der Waals surface area contributed by atoms with Gasteiger partial charge in [0.1, 0.15) is 12.1 Å². The van der Waals surface area contributed by atoms with E-state index in [0.29, 0.717) is 18.3 Å². The highest BCUT2D eigenvalue weighted by Gasteiger charge is 2.22. The molecule has 0 unspecified atom stereocenters. The topological polar surface area (TPSA) is 64.3 Å². The fourth-order valence-corrected chi connectivity index (χ4v) is 3.69. The lowest BCUT2D eigenvalue weighted by atomic mass is 9.85. The average Bonchev–Trinajstić information content (AvgIpc) is 3.10. The third-order valence-electron chi connectivity index (χ3n) is 5.07. The number of fused-ring (bicyclic) bond motifs is 2. The summed E-state index contributed by atoms with van der Waals surface area (Å²) in [5, 5.41) is 8.02. The quantitative estimate of drug-likeness (QED) is 0.756. The fourth-order valence-electron chi connectivity index (χ4n) is 3.69. The fraction of sp³-hybridized carbons (Fsp3) is 0.450. The molecule has 26 heavy (non-hydrogen) atoms. The first kappa shape index (κ1) is 17.0. The van der Waals surface area contributed by atoms with E-state index in [1.54, 1.807) is 11.6 Å². The molecule has 1 aliphatic rings. The number of aryl methyl sites for hydroxylation is 1. The number of rotatable bonds is 5. The van der Waals surface area contributed by atoms with E-state index in [4.69, 9.17) is 4.74 Å². The zero-order valence-corrected chi connectivity index (χ0v) is 15.6. The average molecular weight is 351 g/mol. The van der Waals surface area contributed by atoms with Crippen molar-refractivity contribution in [1.82, 2.24) is 19.6 Å². The lowest BCUT2D eigenvalue weighted by Crippen LogP contribution is -2.20. The summed E-state index contributed by atoms with van der Waals surface area (Å²) < 4.78 is 7.01. The van der Waals surface area contributed by atoms with Crippen LogP contribution in [0.2, 0.25) is 0 Å². The number of ether oxygens (including phenoxy) is 1. The standard InChI is InChI=1S/C20H25N5O/c1-13(2)15-8-7-14-5-4-6-18(17(14)9-15)24-19-10-16(11-26-3)23-20-21-12-22-25(19)20/h7-10,12-13,18,24H,4-6,11H2,1-3H3/t18-/m1/s1. The summed E-state index contributed by atoms with van der Waals surface area (Å²) in [5.74, 6) is 2.03. The predicted octanol–water partition coefficient (Wildman–Crippen LogP) is 3.88. The van der Waals surface area contributed by atoms with Gasteiger partial charge in [0, 0.05) is 13.2 Å². The molecule has 1 atom stereocenters. The van der Waals surface area contributed by atoms with Crippen LogP contribution in [-0.2, 0) is 17.8 Å². The highest BCUT2D eigenvalue weighted by Crippen LogP contribution is 2.34. The minimum Gasteiger partial charge on any atom is -0.378 e. The van der Waals surface area contributed by atoms with Gasteiger partial charge in [0.25, 0.3) is 5.78 Å². The third-order valence-corrected chi connectivity index (χ3v) is 5.07. The van der Waals surface area contributed by atoms with Crippen LogP contribution in [0.25, 0.3) is 5.78 Å². The van der Waals surface area contributed by atoms with E-state index in [2.05, 4.69) is 52.4 Å². The summed E-state index contributed by atoms with van der Waals surface area (Å²) in [5.41, 5.74) is 5.08. The highest BCUT2D eigenvalue weighted by molar-refractivity contribution is 5.49. The van der Waals surface area contributed by atoms with Gasteiger partial charge in [-0.25, -0.2) is 4.98 Å². The molecule has 136 valence electrons. The van der Waals surface area contributed by atoms with Crippen LogP contribution in [-0.4, -0.2) is 26.7 Å². The monoisotopic (exact) mass is 351 g/mol. The van der Waals surface area contributed by atoms with Crippen molar-refractivity contribution in [2.24, 2.45) is 0 Å². The van der Waals surface area contributed by atoms with Gasteiger partial charge in [-0.15, -0.1) is 0 Å². The van der Waals surface area contributed by atoms with Crippen LogP contribution in [0.15, 0.2) is 30.6 Å². The smallest absolute Gasteiger partial charge is 0.254 e. The molecule has 0 saturated carbocycles. The Labute approximate surface area is 153 Å². The molecule has 1 aliphatic carbocycles. The summed E-state index contributed by atoms with van der Waals surface area (Å²) >= 11 is 0. The van der Waals surface area contributed by atoms with Crippen LogP contribution in [0.3, 0.4) is 0 Å². The molecule has 0 bridgehead atoms. The summed E-state index contributed by atoms with van der Waals surface area (Å²) in [6.45, 7) is 4.94. The van der Waals surface area contributed by atoms with Gasteiger partial charge in [0.2, 0.25) is 0 Å². The summed E-state index contributed by atoms with van der Waals surface area (Å²) in [6.07, 6.45) is 4.97. The van der Waals surface area contributed by atoms with E-state index < -0.39 is 0 Å². The minimum atomic E-state index is 0.266. The molecule has 3 aromatic rings. The normalized spacial score (nSPS) is 16.8. The molecule has 1 N–H and O–H groups in total. The summed E-state index contributed by atoms with van der Waals surface area (Å²) in [4.78, 5) is 8.73. The molecule has 6 nitrogen and oxygen atoms in total. The number of methoxy groups -OCH3 is 1. The molecular weight excluding hydrogens is 326 g/mol. The Morgan fingerprint density at radius 3 is 3.00 bits per heavy atom. The molecule has 0 aliphatic heterocycles. The maximum Gasteiger partial charge on any atom is 0.254 e. The predicted molar refractivity (Wildman–Crippen MR) is 101 cm³/mol. The molecular formula is C20H25N5O. The number of hydrogen-bond donors (Lipinski definition) is 1. The van der Waals surface area contributed by atoms with Gasteiger partial charge in [-0.2, -0.15) is 14.6 Å². The lowest BCUT2D eigenvalue weighted by molar-refractivity contribution is 0.181. The Kier molecular flexibility index (Phi) is 4.59. The lowest BCUT2D eigenvalue weighted by Gasteiger charge is -2.28. The largest absolute Gasteiger partial charge is 0.378 e. The Morgan fingerprint density at radius 1 is 1.31 bits per heavy atom. The molecule has 0 radical (unpaired) electrons. The molecule has 2 aromatic heterocycles. The first-order valence-corrected chi connectivity index (χ1v) is 9.23. The Balaban J connectivity index is 1.71. The molecule has 4 rings (SSSR count). The van der Waals surface area contributed by atoms with E-state index in [0.717, 1.165) is 24.4 Å². The molecule has 6 heteroatoms. The molecule has 1 aromatic carbocycles. The molecule has 2 heterocycles. The van der Waals surface area contributed by atoms with Gasteiger partial charge in [-0.05, 0) is 41.9 Å². The number of aromatic nitrogens is 4. The van der Waals surface area contributed by atoms with Crippen molar-refractivity contribution in [2.45, 2.75) is 51.7 Å². The molecule has 0 fully saturated rings. The van der Waals surface area contributed by atoms with E-state index in [1.165, 1.54) is 29.4 Å². The number of nitrogens with one attached hydrogen (secondary N) is 1. The van der Waals surface area contributed by atoms with Gasteiger partial charge in [-0.1, -0.05) is 32.0 Å². The second-order valence-corrected chi connectivity index (χ2v) is 7.24. The Bertz CT molecular complexity index is 918. The second-order valence-electron chi connectivity index (χ2n) is 7.24. The van der Waals surface area contributed by atoms with Gasteiger partial charge in [0.15, 0.2) is 0 Å². The molecule has 0 spiro atoms. The Hall–Kier alpha value is -2.47. The van der Waals surface area contributed by atoms with Crippen LogP contribution in [0, 0.1) is 0 Å². The van der Waals surface area contributed by atoms with Crippen molar-refractivity contribution in [3.63, 3.8) is 0 Å². The third kappa shape index (κ3) is 3.17. The van der Waals surface area contributed by atoms with E-state index in [1.807, 2.05) is 6.07 Å². The van der Waals surface area contributed by atoms with E-state index in [-0.39, 0.29) is 6.04 Å². The van der Waals surface area contributed by atoms with Crippen LogP contribution in [0.5, 0.6) is 0 Å². The molecule has 0 saturated heterocycles. The number of anilines is 1. The van der Waals surface area contributed by atoms with Crippen molar-refractivity contribution in [2.75, 3.05) is 12.4 Å². The summed E-state index contributed by atoms with van der Waals surface area (Å²) in [7, 11) is 1.67. The van der Waals surface area contributed by atoms with Crippen molar-refractivity contribution >= 4 is 11.6 Å². The first-order chi connectivity index (χ1) is 12.7. The van der Waals surface area contributed by atoms with Crippen molar-refractivity contribution in [3.8, 4) is 0 Å².